The summed E-state index contributed by atoms with van der Waals surface area (Å²) in [7, 11) is 0. The third-order valence-corrected chi connectivity index (χ3v) is 4.49. The van der Waals surface area contributed by atoms with E-state index in [1.165, 1.54) is 0 Å². The molecule has 0 spiro atoms. The molecule has 0 saturated heterocycles. The summed E-state index contributed by atoms with van der Waals surface area (Å²) in [6.45, 7) is 4.95. The summed E-state index contributed by atoms with van der Waals surface area (Å²) in [5.41, 5.74) is 3.17. The largest absolute Gasteiger partial charge is 0.310 e. The lowest BCUT2D eigenvalue weighted by atomic mass is 9.97. The second kappa shape index (κ2) is 7.51. The van der Waals surface area contributed by atoms with Gasteiger partial charge in [0.15, 0.2) is 0 Å². The number of benzene rings is 2. The zero-order chi connectivity index (χ0) is 15.4. The fourth-order valence-corrected chi connectivity index (χ4v) is 3.30. The Morgan fingerprint density at radius 1 is 1.00 bits per heavy atom. The van der Waals surface area contributed by atoms with E-state index in [1.807, 2.05) is 31.2 Å². The second-order valence-corrected chi connectivity index (χ2v) is 6.26. The van der Waals surface area contributed by atoms with Crippen molar-refractivity contribution in [2.24, 2.45) is 0 Å². The minimum atomic E-state index is 0.0838. The van der Waals surface area contributed by atoms with Crippen molar-refractivity contribution in [2.45, 2.75) is 26.3 Å². The smallest absolute Gasteiger partial charge is 0.0456 e. The van der Waals surface area contributed by atoms with Crippen LogP contribution in [0.3, 0.4) is 0 Å². The molecular formula is C17H18Cl3N. The fourth-order valence-electron chi connectivity index (χ4n) is 2.38. The van der Waals surface area contributed by atoms with Crippen LogP contribution in [0, 0.1) is 6.92 Å². The van der Waals surface area contributed by atoms with E-state index in [2.05, 4.69) is 24.4 Å². The molecule has 1 N–H and O–H groups in total. The van der Waals surface area contributed by atoms with Crippen molar-refractivity contribution in [3.05, 3.63) is 68.2 Å². The maximum atomic E-state index is 6.40. The standard InChI is InChI=1S/C17H18Cl3N/c1-3-21-17(12-8-7-11(2)9-16(12)20)10-13-14(18)5-4-6-15(13)19/h4-9,17,21H,3,10H2,1-2H3. The molecule has 0 aliphatic carbocycles. The van der Waals surface area contributed by atoms with Gasteiger partial charge < -0.3 is 5.32 Å². The lowest BCUT2D eigenvalue weighted by Gasteiger charge is -2.21. The van der Waals surface area contributed by atoms with Gasteiger partial charge in [-0.2, -0.15) is 0 Å². The first-order valence-corrected chi connectivity index (χ1v) is 8.08. The van der Waals surface area contributed by atoms with Crippen molar-refractivity contribution in [1.82, 2.24) is 5.32 Å². The Hall–Kier alpha value is -0.730. The van der Waals surface area contributed by atoms with Crippen molar-refractivity contribution in [3.8, 4) is 0 Å². The third-order valence-electron chi connectivity index (χ3n) is 3.45. The molecule has 0 radical (unpaired) electrons. The zero-order valence-electron chi connectivity index (χ0n) is 12.1. The number of aryl methyl sites for hydroxylation is 1. The van der Waals surface area contributed by atoms with Crippen molar-refractivity contribution in [2.75, 3.05) is 6.54 Å². The van der Waals surface area contributed by atoms with E-state index >= 15 is 0 Å². The lowest BCUT2D eigenvalue weighted by molar-refractivity contribution is 0.550. The van der Waals surface area contributed by atoms with Gasteiger partial charge in [0, 0.05) is 21.1 Å². The van der Waals surface area contributed by atoms with Crippen LogP contribution in [0.15, 0.2) is 36.4 Å². The monoisotopic (exact) mass is 341 g/mol. The Kier molecular flexibility index (Phi) is 5.95. The summed E-state index contributed by atoms with van der Waals surface area (Å²) in [5.74, 6) is 0. The molecule has 21 heavy (non-hydrogen) atoms. The Bertz CT molecular complexity index is 605. The molecule has 1 nitrogen and oxygen atoms in total. The minimum Gasteiger partial charge on any atom is -0.310 e. The van der Waals surface area contributed by atoms with E-state index in [-0.39, 0.29) is 6.04 Å². The van der Waals surface area contributed by atoms with Crippen molar-refractivity contribution >= 4 is 34.8 Å². The van der Waals surface area contributed by atoms with Gasteiger partial charge in [0.25, 0.3) is 0 Å². The van der Waals surface area contributed by atoms with Crippen LogP contribution in [-0.2, 0) is 6.42 Å². The topological polar surface area (TPSA) is 12.0 Å². The Morgan fingerprint density at radius 2 is 1.67 bits per heavy atom. The molecule has 0 bridgehead atoms. The molecule has 0 saturated carbocycles. The molecule has 1 unspecified atom stereocenters. The number of halogens is 3. The molecule has 2 rings (SSSR count). The number of hydrogen-bond acceptors (Lipinski definition) is 1. The molecule has 0 aliphatic heterocycles. The average Bonchev–Trinajstić information content (AvgIpc) is 2.42. The first-order valence-electron chi connectivity index (χ1n) is 6.95. The van der Waals surface area contributed by atoms with E-state index < -0.39 is 0 Å². The van der Waals surface area contributed by atoms with E-state index in [0.717, 1.165) is 28.3 Å². The predicted molar refractivity (Wildman–Crippen MR) is 92.8 cm³/mol. The van der Waals surface area contributed by atoms with Gasteiger partial charge in [-0.3, -0.25) is 0 Å². The van der Waals surface area contributed by atoms with Crippen LogP contribution in [-0.4, -0.2) is 6.54 Å². The molecule has 1 atom stereocenters. The van der Waals surface area contributed by atoms with Crippen molar-refractivity contribution < 1.29 is 0 Å². The molecule has 2 aromatic carbocycles. The summed E-state index contributed by atoms with van der Waals surface area (Å²) in [4.78, 5) is 0. The van der Waals surface area contributed by atoms with E-state index in [0.29, 0.717) is 16.5 Å². The Morgan fingerprint density at radius 3 is 2.24 bits per heavy atom. The van der Waals surface area contributed by atoms with E-state index in [9.17, 15) is 0 Å². The van der Waals surface area contributed by atoms with Crippen molar-refractivity contribution in [1.29, 1.82) is 0 Å². The van der Waals surface area contributed by atoms with Gasteiger partial charge in [-0.15, -0.1) is 0 Å². The molecule has 4 heteroatoms. The highest BCUT2D eigenvalue weighted by Crippen LogP contribution is 2.32. The molecule has 0 fully saturated rings. The van der Waals surface area contributed by atoms with Crippen LogP contribution < -0.4 is 5.32 Å². The summed E-state index contributed by atoms with van der Waals surface area (Å²) in [5, 5.41) is 5.61. The first kappa shape index (κ1) is 16.6. The van der Waals surface area contributed by atoms with Crippen molar-refractivity contribution in [3.63, 3.8) is 0 Å². The van der Waals surface area contributed by atoms with Crippen LogP contribution in [0.1, 0.15) is 29.7 Å². The highest BCUT2D eigenvalue weighted by Gasteiger charge is 2.17. The molecular weight excluding hydrogens is 325 g/mol. The molecule has 0 aromatic heterocycles. The molecule has 0 heterocycles. The predicted octanol–water partition coefficient (Wildman–Crippen LogP) is 5.85. The zero-order valence-corrected chi connectivity index (χ0v) is 14.4. The van der Waals surface area contributed by atoms with Gasteiger partial charge in [0.05, 0.1) is 0 Å². The van der Waals surface area contributed by atoms with E-state index in [4.69, 9.17) is 34.8 Å². The quantitative estimate of drug-likeness (QED) is 0.719. The minimum absolute atomic E-state index is 0.0838. The molecule has 2 aromatic rings. The highest BCUT2D eigenvalue weighted by atomic mass is 35.5. The number of nitrogens with one attached hydrogen (secondary N) is 1. The maximum absolute atomic E-state index is 6.40. The summed E-state index contributed by atoms with van der Waals surface area (Å²) >= 11 is 19.0. The average molecular weight is 343 g/mol. The Balaban J connectivity index is 2.35. The van der Waals surface area contributed by atoms with Gasteiger partial charge in [-0.05, 0) is 54.8 Å². The van der Waals surface area contributed by atoms with Gasteiger partial charge in [-0.25, -0.2) is 0 Å². The maximum Gasteiger partial charge on any atom is 0.0456 e. The lowest BCUT2D eigenvalue weighted by Crippen LogP contribution is -2.23. The number of likely N-dealkylation sites (N-methyl/N-ethyl adjacent to an activating group) is 1. The van der Waals surface area contributed by atoms with Gasteiger partial charge in [-0.1, -0.05) is 59.9 Å². The normalized spacial score (nSPS) is 12.4. The van der Waals surface area contributed by atoms with Gasteiger partial charge in [0.1, 0.15) is 0 Å². The van der Waals surface area contributed by atoms with Crippen LogP contribution in [0.4, 0.5) is 0 Å². The SMILES string of the molecule is CCNC(Cc1c(Cl)cccc1Cl)c1ccc(C)cc1Cl. The molecule has 0 amide bonds. The van der Waals surface area contributed by atoms with Crippen LogP contribution in [0.2, 0.25) is 15.1 Å². The molecule has 0 aliphatic rings. The van der Waals surface area contributed by atoms with Crippen LogP contribution >= 0.6 is 34.8 Å². The third kappa shape index (κ3) is 4.14. The van der Waals surface area contributed by atoms with Crippen LogP contribution in [0.5, 0.6) is 0 Å². The summed E-state index contributed by atoms with van der Waals surface area (Å²) in [6.07, 6.45) is 0.703. The summed E-state index contributed by atoms with van der Waals surface area (Å²) < 4.78 is 0. The van der Waals surface area contributed by atoms with Gasteiger partial charge >= 0.3 is 0 Å². The Labute approximate surface area is 141 Å². The number of hydrogen-bond donors (Lipinski definition) is 1. The highest BCUT2D eigenvalue weighted by molar-refractivity contribution is 6.36. The van der Waals surface area contributed by atoms with Gasteiger partial charge in [0.2, 0.25) is 0 Å². The summed E-state index contributed by atoms with van der Waals surface area (Å²) in [6, 6.07) is 11.8. The van der Waals surface area contributed by atoms with Crippen LogP contribution in [0.25, 0.3) is 0 Å². The number of rotatable bonds is 5. The van der Waals surface area contributed by atoms with E-state index in [1.54, 1.807) is 0 Å². The first-order chi connectivity index (χ1) is 10.0. The molecule has 112 valence electrons. The second-order valence-electron chi connectivity index (χ2n) is 5.04. The fraction of sp³-hybridized carbons (Fsp3) is 0.294.